The van der Waals surface area contributed by atoms with Crippen LogP contribution in [0, 0.1) is 0 Å². The summed E-state index contributed by atoms with van der Waals surface area (Å²) in [6.07, 6.45) is -0.183. The SMILES string of the molecule is CC(C)OC(=O)c1ccc2nc(NC(=O)c3cccc(Cl)c3)sc2c1. The Labute approximate surface area is 153 Å². The minimum atomic E-state index is -0.380. The van der Waals surface area contributed by atoms with Gasteiger partial charge in [-0.15, -0.1) is 0 Å². The number of amides is 1. The zero-order valence-corrected chi connectivity index (χ0v) is 15.1. The monoisotopic (exact) mass is 374 g/mol. The molecule has 0 spiro atoms. The van der Waals surface area contributed by atoms with Crippen molar-refractivity contribution in [2.75, 3.05) is 5.32 Å². The van der Waals surface area contributed by atoms with Crippen molar-refractivity contribution in [3.63, 3.8) is 0 Å². The Bertz CT molecular complexity index is 952. The fraction of sp³-hybridized carbons (Fsp3) is 0.167. The summed E-state index contributed by atoms with van der Waals surface area (Å²) in [7, 11) is 0. The molecule has 128 valence electrons. The maximum absolute atomic E-state index is 12.3. The van der Waals surface area contributed by atoms with E-state index >= 15 is 0 Å². The highest BCUT2D eigenvalue weighted by atomic mass is 35.5. The van der Waals surface area contributed by atoms with Crippen LogP contribution in [-0.4, -0.2) is 23.0 Å². The van der Waals surface area contributed by atoms with E-state index in [9.17, 15) is 9.59 Å². The third-order valence-electron chi connectivity index (χ3n) is 3.27. The van der Waals surface area contributed by atoms with E-state index in [4.69, 9.17) is 16.3 Å². The summed E-state index contributed by atoms with van der Waals surface area (Å²) in [6.45, 7) is 3.60. The molecule has 0 aliphatic carbocycles. The summed E-state index contributed by atoms with van der Waals surface area (Å²) in [4.78, 5) is 28.6. The first-order valence-electron chi connectivity index (χ1n) is 7.61. The van der Waals surface area contributed by atoms with E-state index in [-0.39, 0.29) is 18.0 Å². The molecule has 1 amide bonds. The van der Waals surface area contributed by atoms with Crippen LogP contribution in [0.15, 0.2) is 42.5 Å². The molecule has 0 bridgehead atoms. The van der Waals surface area contributed by atoms with Gasteiger partial charge in [-0.05, 0) is 50.2 Å². The van der Waals surface area contributed by atoms with Crippen molar-refractivity contribution < 1.29 is 14.3 Å². The number of carbonyl (C=O) groups excluding carboxylic acids is 2. The zero-order valence-electron chi connectivity index (χ0n) is 13.6. The molecule has 3 rings (SSSR count). The number of carbonyl (C=O) groups is 2. The number of hydrogen-bond acceptors (Lipinski definition) is 5. The van der Waals surface area contributed by atoms with E-state index in [0.29, 0.717) is 26.8 Å². The number of rotatable bonds is 4. The Balaban J connectivity index is 1.81. The summed E-state index contributed by atoms with van der Waals surface area (Å²) in [5.74, 6) is -0.671. The largest absolute Gasteiger partial charge is 0.459 e. The Kier molecular flexibility index (Phi) is 5.01. The molecule has 0 unspecified atom stereocenters. The number of nitrogens with one attached hydrogen (secondary N) is 1. The summed E-state index contributed by atoms with van der Waals surface area (Å²) in [5, 5.41) is 3.69. The summed E-state index contributed by atoms with van der Waals surface area (Å²) in [6, 6.07) is 11.8. The standard InChI is InChI=1S/C18H15ClN2O3S/c1-10(2)24-17(23)12-6-7-14-15(9-12)25-18(20-14)21-16(22)11-4-3-5-13(19)8-11/h3-10H,1-2H3,(H,20,21,22). The van der Waals surface area contributed by atoms with E-state index in [1.165, 1.54) is 11.3 Å². The first kappa shape index (κ1) is 17.4. The van der Waals surface area contributed by atoms with Crippen LogP contribution in [0.4, 0.5) is 5.13 Å². The number of benzene rings is 2. The smallest absolute Gasteiger partial charge is 0.338 e. The molecular weight excluding hydrogens is 360 g/mol. The van der Waals surface area contributed by atoms with Crippen molar-refractivity contribution in [3.8, 4) is 0 Å². The fourth-order valence-corrected chi connectivity index (χ4v) is 3.28. The van der Waals surface area contributed by atoms with Crippen LogP contribution in [0.25, 0.3) is 10.2 Å². The second-order valence-corrected chi connectivity index (χ2v) is 7.09. The highest BCUT2D eigenvalue weighted by molar-refractivity contribution is 7.22. The van der Waals surface area contributed by atoms with Gasteiger partial charge in [-0.1, -0.05) is 29.0 Å². The second-order valence-electron chi connectivity index (χ2n) is 5.62. The van der Waals surface area contributed by atoms with Gasteiger partial charge in [-0.3, -0.25) is 10.1 Å². The molecule has 1 N–H and O–H groups in total. The van der Waals surface area contributed by atoms with Gasteiger partial charge in [0.2, 0.25) is 0 Å². The third-order valence-corrected chi connectivity index (χ3v) is 4.44. The lowest BCUT2D eigenvalue weighted by Gasteiger charge is -2.07. The van der Waals surface area contributed by atoms with Gasteiger partial charge in [-0.2, -0.15) is 0 Å². The number of nitrogens with zero attached hydrogens (tertiary/aromatic N) is 1. The van der Waals surface area contributed by atoms with Gasteiger partial charge < -0.3 is 4.74 Å². The molecule has 0 saturated carbocycles. The minimum absolute atomic E-state index is 0.183. The first-order chi connectivity index (χ1) is 11.9. The maximum Gasteiger partial charge on any atom is 0.338 e. The summed E-state index contributed by atoms with van der Waals surface area (Å²) in [5.41, 5.74) is 1.61. The normalized spacial score (nSPS) is 10.9. The Morgan fingerprint density at radius 2 is 1.96 bits per heavy atom. The summed E-state index contributed by atoms with van der Waals surface area (Å²) >= 11 is 7.19. The number of hydrogen-bond donors (Lipinski definition) is 1. The molecule has 3 aromatic rings. The lowest BCUT2D eigenvalue weighted by atomic mass is 10.2. The molecule has 7 heteroatoms. The number of aromatic nitrogens is 1. The molecule has 1 aromatic heterocycles. The third kappa shape index (κ3) is 4.15. The number of thiazole rings is 1. The molecule has 0 fully saturated rings. The van der Waals surface area contributed by atoms with Gasteiger partial charge >= 0.3 is 5.97 Å². The topological polar surface area (TPSA) is 68.3 Å². The zero-order chi connectivity index (χ0) is 18.0. The average Bonchev–Trinajstić information content (AvgIpc) is 2.95. The van der Waals surface area contributed by atoms with E-state index in [2.05, 4.69) is 10.3 Å². The van der Waals surface area contributed by atoms with Crippen molar-refractivity contribution in [1.29, 1.82) is 0 Å². The van der Waals surface area contributed by atoms with Gasteiger partial charge in [-0.25, -0.2) is 9.78 Å². The Morgan fingerprint density at radius 3 is 2.68 bits per heavy atom. The lowest BCUT2D eigenvalue weighted by molar-refractivity contribution is 0.0378. The van der Waals surface area contributed by atoms with Crippen molar-refractivity contribution in [3.05, 3.63) is 58.6 Å². The van der Waals surface area contributed by atoms with Crippen molar-refractivity contribution in [2.24, 2.45) is 0 Å². The molecule has 0 aliphatic rings. The van der Waals surface area contributed by atoms with Gasteiger partial charge in [0, 0.05) is 10.6 Å². The van der Waals surface area contributed by atoms with Crippen LogP contribution in [0.1, 0.15) is 34.6 Å². The minimum Gasteiger partial charge on any atom is -0.459 e. The fourth-order valence-electron chi connectivity index (χ4n) is 2.19. The molecule has 2 aromatic carbocycles. The van der Waals surface area contributed by atoms with Gasteiger partial charge in [0.05, 0.1) is 21.9 Å². The van der Waals surface area contributed by atoms with E-state index < -0.39 is 0 Å². The number of anilines is 1. The molecule has 0 saturated heterocycles. The predicted molar refractivity (Wildman–Crippen MR) is 99.6 cm³/mol. The summed E-state index contributed by atoms with van der Waals surface area (Å²) < 4.78 is 5.98. The average molecular weight is 375 g/mol. The number of fused-ring (bicyclic) bond motifs is 1. The molecule has 0 aliphatic heterocycles. The van der Waals surface area contributed by atoms with Crippen molar-refractivity contribution >= 4 is 50.2 Å². The Hall–Kier alpha value is -2.44. The number of halogens is 1. The van der Waals surface area contributed by atoms with E-state index in [1.807, 2.05) is 0 Å². The molecule has 0 atom stereocenters. The van der Waals surface area contributed by atoms with E-state index in [1.54, 1.807) is 56.3 Å². The number of ether oxygens (including phenoxy) is 1. The first-order valence-corrected chi connectivity index (χ1v) is 8.80. The lowest BCUT2D eigenvalue weighted by Crippen LogP contribution is -2.11. The van der Waals surface area contributed by atoms with Gasteiger partial charge in [0.15, 0.2) is 5.13 Å². The molecular formula is C18H15ClN2O3S. The van der Waals surface area contributed by atoms with Crippen LogP contribution in [-0.2, 0) is 4.74 Å². The molecule has 0 radical (unpaired) electrons. The van der Waals surface area contributed by atoms with Crippen molar-refractivity contribution in [1.82, 2.24) is 4.98 Å². The van der Waals surface area contributed by atoms with Crippen LogP contribution < -0.4 is 5.32 Å². The predicted octanol–water partition coefficient (Wildman–Crippen LogP) is 4.77. The second kappa shape index (κ2) is 7.21. The van der Waals surface area contributed by atoms with Crippen molar-refractivity contribution in [2.45, 2.75) is 20.0 Å². The van der Waals surface area contributed by atoms with E-state index in [0.717, 1.165) is 4.70 Å². The van der Waals surface area contributed by atoms with Crippen LogP contribution in [0.2, 0.25) is 5.02 Å². The Morgan fingerprint density at radius 1 is 1.16 bits per heavy atom. The molecule has 5 nitrogen and oxygen atoms in total. The number of esters is 1. The van der Waals surface area contributed by atoms with Crippen LogP contribution >= 0.6 is 22.9 Å². The van der Waals surface area contributed by atoms with Crippen LogP contribution in [0.5, 0.6) is 0 Å². The highest BCUT2D eigenvalue weighted by Gasteiger charge is 2.14. The highest BCUT2D eigenvalue weighted by Crippen LogP contribution is 2.27. The maximum atomic E-state index is 12.3. The van der Waals surface area contributed by atoms with Crippen LogP contribution in [0.3, 0.4) is 0 Å². The molecule has 25 heavy (non-hydrogen) atoms. The quantitative estimate of drug-likeness (QED) is 0.668. The molecule has 1 heterocycles. The van der Waals surface area contributed by atoms with Gasteiger partial charge in [0.1, 0.15) is 0 Å². The van der Waals surface area contributed by atoms with Gasteiger partial charge in [0.25, 0.3) is 5.91 Å².